The van der Waals surface area contributed by atoms with Crippen molar-refractivity contribution < 1.29 is 24.6 Å². The SMILES string of the molecule is CCCCC/C=C\C/C=C\CCCCCCCCCC(=O)N[C@@H](CCC(=O)O)C(=O)O. The Labute approximate surface area is 188 Å². The smallest absolute Gasteiger partial charge is 0.326 e. The molecule has 0 heterocycles. The Hall–Kier alpha value is -2.11. The van der Waals surface area contributed by atoms with E-state index in [1.807, 2.05) is 0 Å². The zero-order chi connectivity index (χ0) is 23.2. The monoisotopic (exact) mass is 437 g/mol. The number of amides is 1. The van der Waals surface area contributed by atoms with Gasteiger partial charge in [-0.05, 0) is 44.9 Å². The number of allylic oxidation sites excluding steroid dienone is 4. The van der Waals surface area contributed by atoms with Crippen molar-refractivity contribution in [2.75, 3.05) is 0 Å². The average molecular weight is 438 g/mol. The summed E-state index contributed by atoms with van der Waals surface area (Å²) in [5, 5.41) is 20.1. The summed E-state index contributed by atoms with van der Waals surface area (Å²) in [6, 6.07) is -1.13. The molecule has 1 atom stereocenters. The number of nitrogens with one attached hydrogen (secondary N) is 1. The van der Waals surface area contributed by atoms with Gasteiger partial charge in [0.2, 0.25) is 5.91 Å². The number of rotatable bonds is 21. The van der Waals surface area contributed by atoms with E-state index in [1.165, 1.54) is 44.9 Å². The molecule has 178 valence electrons. The van der Waals surface area contributed by atoms with Gasteiger partial charge in [-0.1, -0.05) is 76.2 Å². The van der Waals surface area contributed by atoms with Gasteiger partial charge >= 0.3 is 11.9 Å². The van der Waals surface area contributed by atoms with E-state index in [0.717, 1.165) is 38.5 Å². The molecule has 0 radical (unpaired) electrons. The van der Waals surface area contributed by atoms with E-state index in [0.29, 0.717) is 0 Å². The highest BCUT2D eigenvalue weighted by Crippen LogP contribution is 2.10. The Morgan fingerprint density at radius 1 is 0.742 bits per heavy atom. The van der Waals surface area contributed by atoms with E-state index in [2.05, 4.69) is 36.5 Å². The van der Waals surface area contributed by atoms with Gasteiger partial charge in [-0.25, -0.2) is 4.79 Å². The predicted octanol–water partition coefficient (Wildman–Crippen LogP) is 6.01. The summed E-state index contributed by atoms with van der Waals surface area (Å²) >= 11 is 0. The van der Waals surface area contributed by atoms with Crippen molar-refractivity contribution in [2.45, 2.75) is 116 Å². The first-order chi connectivity index (χ1) is 15.0. The second kappa shape index (κ2) is 21.1. The summed E-state index contributed by atoms with van der Waals surface area (Å²) in [4.78, 5) is 33.4. The summed E-state index contributed by atoms with van der Waals surface area (Å²) in [5.41, 5.74) is 0. The van der Waals surface area contributed by atoms with Crippen molar-refractivity contribution in [3.63, 3.8) is 0 Å². The van der Waals surface area contributed by atoms with Crippen molar-refractivity contribution >= 4 is 17.8 Å². The van der Waals surface area contributed by atoms with Gasteiger partial charge in [0.25, 0.3) is 0 Å². The van der Waals surface area contributed by atoms with Crippen LogP contribution in [0, 0.1) is 0 Å². The number of unbranched alkanes of at least 4 members (excludes halogenated alkanes) is 10. The lowest BCUT2D eigenvalue weighted by molar-refractivity contribution is -0.143. The molecule has 0 bridgehead atoms. The molecule has 0 aliphatic heterocycles. The molecule has 0 rings (SSSR count). The number of carbonyl (C=O) groups excluding carboxylic acids is 1. The number of carbonyl (C=O) groups is 3. The summed E-state index contributed by atoms with van der Waals surface area (Å²) in [7, 11) is 0. The first kappa shape index (κ1) is 28.9. The summed E-state index contributed by atoms with van der Waals surface area (Å²) < 4.78 is 0. The molecule has 0 aromatic heterocycles. The summed E-state index contributed by atoms with van der Waals surface area (Å²) in [6.07, 6.45) is 23.8. The molecule has 6 nitrogen and oxygen atoms in total. The highest BCUT2D eigenvalue weighted by atomic mass is 16.4. The second-order valence-corrected chi connectivity index (χ2v) is 8.08. The van der Waals surface area contributed by atoms with E-state index < -0.39 is 18.0 Å². The molecule has 1 amide bonds. The zero-order valence-corrected chi connectivity index (χ0v) is 19.3. The van der Waals surface area contributed by atoms with Crippen molar-refractivity contribution in [1.29, 1.82) is 0 Å². The minimum Gasteiger partial charge on any atom is -0.481 e. The minimum atomic E-state index is -1.19. The van der Waals surface area contributed by atoms with Crippen molar-refractivity contribution in [1.82, 2.24) is 5.32 Å². The average Bonchev–Trinajstić information content (AvgIpc) is 2.73. The summed E-state index contributed by atoms with van der Waals surface area (Å²) in [6.45, 7) is 2.23. The molecule has 0 aromatic carbocycles. The molecule has 0 aliphatic carbocycles. The van der Waals surface area contributed by atoms with Crippen LogP contribution in [0.25, 0.3) is 0 Å². The van der Waals surface area contributed by atoms with Crippen LogP contribution in [0.3, 0.4) is 0 Å². The van der Waals surface area contributed by atoms with Crippen molar-refractivity contribution in [2.24, 2.45) is 0 Å². The Kier molecular flexibility index (Phi) is 19.7. The third-order valence-electron chi connectivity index (χ3n) is 5.13. The van der Waals surface area contributed by atoms with Gasteiger partial charge in [0, 0.05) is 12.8 Å². The molecule has 0 aromatic rings. The van der Waals surface area contributed by atoms with Gasteiger partial charge < -0.3 is 15.5 Å². The summed E-state index contributed by atoms with van der Waals surface area (Å²) in [5.74, 6) is -2.58. The quantitative estimate of drug-likeness (QED) is 0.151. The lowest BCUT2D eigenvalue weighted by atomic mass is 10.1. The van der Waals surface area contributed by atoms with Gasteiger partial charge in [0.15, 0.2) is 0 Å². The topological polar surface area (TPSA) is 104 Å². The maximum atomic E-state index is 11.8. The molecule has 0 fully saturated rings. The van der Waals surface area contributed by atoms with Crippen LogP contribution in [0.2, 0.25) is 0 Å². The lowest BCUT2D eigenvalue weighted by Gasteiger charge is -2.13. The fourth-order valence-corrected chi connectivity index (χ4v) is 3.24. The maximum absolute atomic E-state index is 11.8. The van der Waals surface area contributed by atoms with E-state index in [9.17, 15) is 14.4 Å². The molecular formula is C25H43NO5. The van der Waals surface area contributed by atoms with Crippen LogP contribution in [0.15, 0.2) is 24.3 Å². The normalized spacial score (nSPS) is 12.4. The van der Waals surface area contributed by atoms with Crippen molar-refractivity contribution in [3.05, 3.63) is 24.3 Å². The molecule has 6 heteroatoms. The van der Waals surface area contributed by atoms with Crippen LogP contribution < -0.4 is 5.32 Å². The van der Waals surface area contributed by atoms with Crippen LogP contribution in [0.1, 0.15) is 110 Å². The van der Waals surface area contributed by atoms with Crippen LogP contribution in [-0.2, 0) is 14.4 Å². The Balaban J connectivity index is 3.54. The standard InChI is InChI=1S/C25H43NO5/c1-2-3-4-5-6-7-8-9-10-11-12-13-14-15-16-17-18-19-23(27)26-22(25(30)31)20-21-24(28)29/h6-7,9-10,22H,2-5,8,11-21H2,1H3,(H,26,27)(H,28,29)(H,30,31)/b7-6-,10-9-/t22-/m0/s1. The number of aliphatic carboxylic acids is 2. The molecule has 3 N–H and O–H groups in total. The fourth-order valence-electron chi connectivity index (χ4n) is 3.24. The van der Waals surface area contributed by atoms with Crippen LogP contribution in [0.5, 0.6) is 0 Å². The number of hydrogen-bond acceptors (Lipinski definition) is 3. The molecule has 0 aliphatic rings. The van der Waals surface area contributed by atoms with Gasteiger partial charge in [0.05, 0.1) is 0 Å². The highest BCUT2D eigenvalue weighted by molar-refractivity contribution is 5.83. The zero-order valence-electron chi connectivity index (χ0n) is 19.3. The maximum Gasteiger partial charge on any atom is 0.326 e. The molecule has 31 heavy (non-hydrogen) atoms. The van der Waals surface area contributed by atoms with E-state index in [4.69, 9.17) is 10.2 Å². The number of carboxylic acids is 2. The number of carboxylic acid groups (broad SMARTS) is 2. The predicted molar refractivity (Wildman–Crippen MR) is 125 cm³/mol. The van der Waals surface area contributed by atoms with Gasteiger partial charge in [-0.15, -0.1) is 0 Å². The number of hydrogen-bond donors (Lipinski definition) is 3. The minimum absolute atomic E-state index is 0.0959. The van der Waals surface area contributed by atoms with Crippen LogP contribution in [0.4, 0.5) is 0 Å². The molecular weight excluding hydrogens is 394 g/mol. The highest BCUT2D eigenvalue weighted by Gasteiger charge is 2.20. The Bertz CT molecular complexity index is 542. The van der Waals surface area contributed by atoms with Gasteiger partial charge in [0.1, 0.15) is 6.04 Å². The third-order valence-corrected chi connectivity index (χ3v) is 5.13. The largest absolute Gasteiger partial charge is 0.481 e. The second-order valence-electron chi connectivity index (χ2n) is 8.08. The van der Waals surface area contributed by atoms with Crippen LogP contribution in [-0.4, -0.2) is 34.1 Å². The van der Waals surface area contributed by atoms with E-state index in [-0.39, 0.29) is 25.2 Å². The van der Waals surface area contributed by atoms with E-state index >= 15 is 0 Å². The first-order valence-corrected chi connectivity index (χ1v) is 12.0. The molecule has 0 unspecified atom stereocenters. The third kappa shape index (κ3) is 20.9. The van der Waals surface area contributed by atoms with Crippen LogP contribution >= 0.6 is 0 Å². The lowest BCUT2D eigenvalue weighted by Crippen LogP contribution is -2.41. The van der Waals surface area contributed by atoms with Crippen molar-refractivity contribution in [3.8, 4) is 0 Å². The Morgan fingerprint density at radius 3 is 1.84 bits per heavy atom. The molecule has 0 saturated heterocycles. The first-order valence-electron chi connectivity index (χ1n) is 12.0. The van der Waals surface area contributed by atoms with Gasteiger partial charge in [-0.3, -0.25) is 9.59 Å². The van der Waals surface area contributed by atoms with E-state index in [1.54, 1.807) is 0 Å². The molecule has 0 saturated carbocycles. The fraction of sp³-hybridized carbons (Fsp3) is 0.720. The van der Waals surface area contributed by atoms with Gasteiger partial charge in [-0.2, -0.15) is 0 Å². The Morgan fingerprint density at radius 2 is 1.29 bits per heavy atom. The molecule has 0 spiro atoms.